The highest BCUT2D eigenvalue weighted by atomic mass is 15.2. The number of hydrogen-bond donors (Lipinski definition) is 1. The number of nitrogens with zero attached hydrogens (tertiary/aromatic N) is 2. The molecule has 1 heterocycles. The van der Waals surface area contributed by atoms with Crippen molar-refractivity contribution >= 4 is 5.82 Å². The second-order valence-electron chi connectivity index (χ2n) is 5.38. The van der Waals surface area contributed by atoms with Crippen molar-refractivity contribution in [2.24, 2.45) is 11.7 Å². The van der Waals surface area contributed by atoms with Crippen LogP contribution in [0.25, 0.3) is 0 Å². The van der Waals surface area contributed by atoms with E-state index in [-0.39, 0.29) is 6.04 Å². The van der Waals surface area contributed by atoms with E-state index in [0.717, 1.165) is 17.9 Å². The van der Waals surface area contributed by atoms with E-state index in [1.54, 1.807) is 0 Å². The standard InChI is InChI=1S/C14H25N3/c1-10(2)9-17(11(3)4)14-8-13(12(5)15)6-7-16-14/h6-8,10-12H,9,15H2,1-5H3. The predicted octanol–water partition coefficient (Wildman–Crippen LogP) is 2.97. The summed E-state index contributed by atoms with van der Waals surface area (Å²) in [5.41, 5.74) is 7.06. The Labute approximate surface area is 105 Å². The van der Waals surface area contributed by atoms with Crippen LogP contribution in [-0.2, 0) is 0 Å². The minimum absolute atomic E-state index is 0.0600. The van der Waals surface area contributed by atoms with Crippen LogP contribution >= 0.6 is 0 Å². The minimum Gasteiger partial charge on any atom is -0.354 e. The Balaban J connectivity index is 2.97. The first-order chi connectivity index (χ1) is 7.91. The first-order valence-electron chi connectivity index (χ1n) is 6.40. The maximum absolute atomic E-state index is 5.91. The molecule has 3 heteroatoms. The topological polar surface area (TPSA) is 42.1 Å². The number of nitrogens with two attached hydrogens (primary N) is 1. The molecular formula is C14H25N3. The number of aromatic nitrogens is 1. The fourth-order valence-electron chi connectivity index (χ4n) is 1.84. The Hall–Kier alpha value is -1.09. The fraction of sp³-hybridized carbons (Fsp3) is 0.643. The van der Waals surface area contributed by atoms with E-state index in [1.165, 1.54) is 0 Å². The van der Waals surface area contributed by atoms with E-state index < -0.39 is 0 Å². The number of pyridine rings is 1. The highest BCUT2D eigenvalue weighted by molar-refractivity contribution is 5.42. The molecule has 1 aromatic heterocycles. The van der Waals surface area contributed by atoms with Crippen molar-refractivity contribution in [2.75, 3.05) is 11.4 Å². The molecule has 0 saturated carbocycles. The van der Waals surface area contributed by atoms with Gasteiger partial charge in [-0.1, -0.05) is 13.8 Å². The molecule has 0 fully saturated rings. The summed E-state index contributed by atoms with van der Waals surface area (Å²) >= 11 is 0. The molecule has 0 amide bonds. The van der Waals surface area contributed by atoms with Crippen molar-refractivity contribution in [3.8, 4) is 0 Å². The summed E-state index contributed by atoms with van der Waals surface area (Å²) in [6, 6.07) is 4.60. The lowest BCUT2D eigenvalue weighted by Gasteiger charge is -2.30. The molecule has 17 heavy (non-hydrogen) atoms. The lowest BCUT2D eigenvalue weighted by Crippen LogP contribution is -2.34. The van der Waals surface area contributed by atoms with Gasteiger partial charge in [-0.25, -0.2) is 4.98 Å². The summed E-state index contributed by atoms with van der Waals surface area (Å²) in [6.45, 7) is 11.9. The predicted molar refractivity (Wildman–Crippen MR) is 74.2 cm³/mol. The van der Waals surface area contributed by atoms with Crippen molar-refractivity contribution in [1.29, 1.82) is 0 Å². The van der Waals surface area contributed by atoms with Crippen LogP contribution in [0.3, 0.4) is 0 Å². The molecule has 96 valence electrons. The van der Waals surface area contributed by atoms with E-state index >= 15 is 0 Å². The molecule has 1 aromatic rings. The van der Waals surface area contributed by atoms with Gasteiger partial charge >= 0.3 is 0 Å². The first kappa shape index (κ1) is 14.0. The largest absolute Gasteiger partial charge is 0.354 e. The Bertz CT molecular complexity index is 345. The lowest BCUT2D eigenvalue weighted by molar-refractivity contribution is 0.565. The van der Waals surface area contributed by atoms with Crippen LogP contribution in [0.5, 0.6) is 0 Å². The molecule has 0 bridgehead atoms. The summed E-state index contributed by atoms with van der Waals surface area (Å²) < 4.78 is 0. The van der Waals surface area contributed by atoms with Gasteiger partial charge in [-0.3, -0.25) is 0 Å². The van der Waals surface area contributed by atoms with Gasteiger partial charge in [0.1, 0.15) is 5.82 Å². The van der Waals surface area contributed by atoms with E-state index in [0.29, 0.717) is 12.0 Å². The smallest absolute Gasteiger partial charge is 0.129 e. The van der Waals surface area contributed by atoms with Crippen LogP contribution in [0.2, 0.25) is 0 Å². The summed E-state index contributed by atoms with van der Waals surface area (Å²) in [6.07, 6.45) is 1.85. The maximum Gasteiger partial charge on any atom is 0.129 e. The lowest BCUT2D eigenvalue weighted by atomic mass is 10.1. The average molecular weight is 235 g/mol. The summed E-state index contributed by atoms with van der Waals surface area (Å²) in [5, 5.41) is 0. The van der Waals surface area contributed by atoms with Crippen molar-refractivity contribution in [2.45, 2.75) is 46.7 Å². The van der Waals surface area contributed by atoms with Gasteiger partial charge in [0.05, 0.1) is 0 Å². The van der Waals surface area contributed by atoms with Crippen LogP contribution in [0.1, 0.15) is 46.2 Å². The van der Waals surface area contributed by atoms with Crippen LogP contribution in [-0.4, -0.2) is 17.6 Å². The number of hydrogen-bond acceptors (Lipinski definition) is 3. The van der Waals surface area contributed by atoms with Crippen molar-refractivity contribution < 1.29 is 0 Å². The third kappa shape index (κ3) is 4.00. The van der Waals surface area contributed by atoms with Gasteiger partial charge in [-0.2, -0.15) is 0 Å². The van der Waals surface area contributed by atoms with Crippen LogP contribution in [0.4, 0.5) is 5.82 Å². The quantitative estimate of drug-likeness (QED) is 0.853. The second-order valence-corrected chi connectivity index (χ2v) is 5.38. The summed E-state index contributed by atoms with van der Waals surface area (Å²) in [7, 11) is 0. The SMILES string of the molecule is CC(C)CN(c1cc(C(C)N)ccn1)C(C)C. The molecule has 3 nitrogen and oxygen atoms in total. The third-order valence-corrected chi connectivity index (χ3v) is 2.77. The van der Waals surface area contributed by atoms with Crippen molar-refractivity contribution in [3.63, 3.8) is 0 Å². The molecule has 0 aliphatic carbocycles. The summed E-state index contributed by atoms with van der Waals surface area (Å²) in [4.78, 5) is 6.80. The fourth-order valence-corrected chi connectivity index (χ4v) is 1.84. The molecule has 0 spiro atoms. The molecule has 0 aliphatic heterocycles. The van der Waals surface area contributed by atoms with Crippen LogP contribution in [0.15, 0.2) is 18.3 Å². The van der Waals surface area contributed by atoms with Gasteiger partial charge in [0.25, 0.3) is 0 Å². The van der Waals surface area contributed by atoms with Crippen LogP contribution in [0, 0.1) is 5.92 Å². The van der Waals surface area contributed by atoms with Gasteiger partial charge in [0.15, 0.2) is 0 Å². The highest BCUT2D eigenvalue weighted by Gasteiger charge is 2.14. The zero-order valence-electron chi connectivity index (χ0n) is 11.6. The van der Waals surface area contributed by atoms with E-state index in [2.05, 4.69) is 43.6 Å². The number of anilines is 1. The van der Waals surface area contributed by atoms with E-state index in [1.807, 2.05) is 19.2 Å². The van der Waals surface area contributed by atoms with Gasteiger partial charge < -0.3 is 10.6 Å². The Morgan fingerprint density at radius 1 is 1.24 bits per heavy atom. The van der Waals surface area contributed by atoms with Gasteiger partial charge in [0, 0.05) is 24.8 Å². The third-order valence-electron chi connectivity index (χ3n) is 2.77. The molecule has 0 radical (unpaired) electrons. The summed E-state index contributed by atoms with van der Waals surface area (Å²) in [5.74, 6) is 1.65. The van der Waals surface area contributed by atoms with Gasteiger partial charge in [-0.15, -0.1) is 0 Å². The zero-order valence-corrected chi connectivity index (χ0v) is 11.6. The minimum atomic E-state index is 0.0600. The Morgan fingerprint density at radius 2 is 1.88 bits per heavy atom. The second kappa shape index (κ2) is 6.01. The molecule has 0 aliphatic rings. The average Bonchev–Trinajstić information content (AvgIpc) is 2.25. The monoisotopic (exact) mass is 235 g/mol. The van der Waals surface area contributed by atoms with Gasteiger partial charge in [-0.05, 0) is 44.4 Å². The molecule has 1 unspecified atom stereocenters. The molecule has 0 aromatic carbocycles. The van der Waals surface area contributed by atoms with Crippen LogP contribution < -0.4 is 10.6 Å². The molecule has 0 saturated heterocycles. The highest BCUT2D eigenvalue weighted by Crippen LogP contribution is 2.19. The van der Waals surface area contributed by atoms with Crippen molar-refractivity contribution in [1.82, 2.24) is 4.98 Å². The Kier molecular flexibility index (Phi) is 4.94. The first-order valence-corrected chi connectivity index (χ1v) is 6.40. The number of rotatable bonds is 5. The maximum atomic E-state index is 5.91. The molecule has 2 N–H and O–H groups in total. The molecule has 1 atom stereocenters. The van der Waals surface area contributed by atoms with E-state index in [4.69, 9.17) is 5.73 Å². The van der Waals surface area contributed by atoms with Gasteiger partial charge in [0.2, 0.25) is 0 Å². The molecule has 1 rings (SSSR count). The zero-order chi connectivity index (χ0) is 13.0. The van der Waals surface area contributed by atoms with E-state index in [9.17, 15) is 0 Å². The van der Waals surface area contributed by atoms with Crippen molar-refractivity contribution in [3.05, 3.63) is 23.9 Å². The normalized spacial score (nSPS) is 13.2. The molecular weight excluding hydrogens is 210 g/mol. The Morgan fingerprint density at radius 3 is 2.35 bits per heavy atom.